The van der Waals surface area contributed by atoms with E-state index in [4.69, 9.17) is 4.74 Å². The highest BCUT2D eigenvalue weighted by molar-refractivity contribution is 5.26. The molecule has 1 aromatic carbocycles. The summed E-state index contributed by atoms with van der Waals surface area (Å²) < 4.78 is 5.40. The maximum atomic E-state index is 5.40. The molecule has 0 unspecified atom stereocenters. The van der Waals surface area contributed by atoms with E-state index in [1.54, 1.807) is 6.26 Å². The molecule has 0 aliphatic carbocycles. The second-order valence-corrected chi connectivity index (χ2v) is 3.48. The zero-order chi connectivity index (χ0) is 11.6. The van der Waals surface area contributed by atoms with Crippen molar-refractivity contribution in [2.45, 2.75) is 20.0 Å². The standard InChI is InChI=1S/C15H18O/c1-3-4-8-14(2)11-12-16-13-15-9-6-5-7-10-15/h4-12H,2-3,13H2,1H3/b8-4-,12-11+. The van der Waals surface area contributed by atoms with Gasteiger partial charge in [0.25, 0.3) is 0 Å². The Morgan fingerprint density at radius 1 is 1.25 bits per heavy atom. The molecule has 0 bridgehead atoms. The summed E-state index contributed by atoms with van der Waals surface area (Å²) in [6.45, 7) is 6.58. The first-order valence-corrected chi connectivity index (χ1v) is 5.50. The second kappa shape index (κ2) is 7.52. The van der Waals surface area contributed by atoms with E-state index in [2.05, 4.69) is 19.6 Å². The fourth-order valence-electron chi connectivity index (χ4n) is 1.18. The minimum atomic E-state index is 0.599. The Hall–Kier alpha value is -1.76. The summed E-state index contributed by atoms with van der Waals surface area (Å²) >= 11 is 0. The van der Waals surface area contributed by atoms with Gasteiger partial charge in [-0.15, -0.1) is 0 Å². The van der Waals surface area contributed by atoms with Crippen LogP contribution < -0.4 is 0 Å². The van der Waals surface area contributed by atoms with Crippen molar-refractivity contribution in [1.29, 1.82) is 0 Å². The maximum Gasteiger partial charge on any atom is 0.112 e. The molecule has 0 N–H and O–H groups in total. The smallest absolute Gasteiger partial charge is 0.112 e. The van der Waals surface area contributed by atoms with Gasteiger partial charge in [0.05, 0.1) is 6.26 Å². The normalized spacial score (nSPS) is 11.1. The average molecular weight is 214 g/mol. The molecule has 0 radical (unpaired) electrons. The van der Waals surface area contributed by atoms with E-state index in [0.717, 1.165) is 12.0 Å². The molecule has 0 saturated heterocycles. The molecular formula is C15H18O. The third-order valence-electron chi connectivity index (χ3n) is 2.04. The van der Waals surface area contributed by atoms with Crippen LogP contribution in [0.1, 0.15) is 18.9 Å². The highest BCUT2D eigenvalue weighted by Crippen LogP contribution is 2.02. The van der Waals surface area contributed by atoms with E-state index in [9.17, 15) is 0 Å². The second-order valence-electron chi connectivity index (χ2n) is 3.48. The fraction of sp³-hybridized carbons (Fsp3) is 0.200. The summed E-state index contributed by atoms with van der Waals surface area (Å²) in [7, 11) is 0. The Kier molecular flexibility index (Phi) is 5.79. The van der Waals surface area contributed by atoms with Crippen molar-refractivity contribution in [2.24, 2.45) is 0 Å². The molecule has 16 heavy (non-hydrogen) atoms. The van der Waals surface area contributed by atoms with Gasteiger partial charge >= 0.3 is 0 Å². The molecule has 0 aliphatic heterocycles. The van der Waals surface area contributed by atoms with Gasteiger partial charge in [0.2, 0.25) is 0 Å². The molecule has 1 heteroatoms. The lowest BCUT2D eigenvalue weighted by molar-refractivity contribution is 0.236. The van der Waals surface area contributed by atoms with Crippen molar-refractivity contribution in [3.05, 3.63) is 72.5 Å². The van der Waals surface area contributed by atoms with Crippen LogP contribution in [-0.4, -0.2) is 0 Å². The van der Waals surface area contributed by atoms with Crippen molar-refractivity contribution in [1.82, 2.24) is 0 Å². The van der Waals surface area contributed by atoms with Crippen LogP contribution in [0.25, 0.3) is 0 Å². The van der Waals surface area contributed by atoms with E-state index in [-0.39, 0.29) is 0 Å². The zero-order valence-corrected chi connectivity index (χ0v) is 9.73. The quantitative estimate of drug-likeness (QED) is 0.508. The fourth-order valence-corrected chi connectivity index (χ4v) is 1.18. The molecule has 1 rings (SSSR count). The maximum absolute atomic E-state index is 5.40. The highest BCUT2D eigenvalue weighted by Gasteiger charge is 1.87. The average Bonchev–Trinajstić information content (AvgIpc) is 2.33. The Morgan fingerprint density at radius 3 is 2.69 bits per heavy atom. The monoisotopic (exact) mass is 214 g/mol. The van der Waals surface area contributed by atoms with Gasteiger partial charge in [-0.25, -0.2) is 0 Å². The number of hydrogen-bond acceptors (Lipinski definition) is 1. The number of ether oxygens (including phenoxy) is 1. The van der Waals surface area contributed by atoms with Gasteiger partial charge in [0, 0.05) is 0 Å². The van der Waals surface area contributed by atoms with Crippen LogP contribution in [0.2, 0.25) is 0 Å². The van der Waals surface area contributed by atoms with Gasteiger partial charge in [-0.2, -0.15) is 0 Å². The van der Waals surface area contributed by atoms with Crippen molar-refractivity contribution in [3.63, 3.8) is 0 Å². The van der Waals surface area contributed by atoms with Crippen molar-refractivity contribution in [3.8, 4) is 0 Å². The van der Waals surface area contributed by atoms with Gasteiger partial charge in [0.1, 0.15) is 6.61 Å². The minimum Gasteiger partial charge on any atom is -0.496 e. The molecule has 0 spiro atoms. The lowest BCUT2D eigenvalue weighted by atomic mass is 10.2. The number of allylic oxidation sites excluding steroid dienone is 4. The van der Waals surface area contributed by atoms with Gasteiger partial charge in [-0.1, -0.05) is 56.0 Å². The van der Waals surface area contributed by atoms with Gasteiger partial charge < -0.3 is 4.74 Å². The zero-order valence-electron chi connectivity index (χ0n) is 9.73. The molecular weight excluding hydrogens is 196 g/mol. The molecule has 84 valence electrons. The van der Waals surface area contributed by atoms with E-state index >= 15 is 0 Å². The Balaban J connectivity index is 2.28. The molecule has 0 amide bonds. The predicted octanol–water partition coefficient (Wildman–Crippen LogP) is 4.24. The number of rotatable bonds is 6. The lowest BCUT2D eigenvalue weighted by Crippen LogP contribution is -1.84. The molecule has 0 aliphatic rings. The Labute approximate surface area is 97.8 Å². The van der Waals surface area contributed by atoms with Crippen LogP contribution in [0.3, 0.4) is 0 Å². The van der Waals surface area contributed by atoms with Crippen LogP contribution in [0, 0.1) is 0 Å². The Bertz CT molecular complexity index is 360. The third-order valence-corrected chi connectivity index (χ3v) is 2.04. The van der Waals surface area contributed by atoms with E-state index in [1.165, 1.54) is 5.56 Å². The first-order valence-electron chi connectivity index (χ1n) is 5.50. The van der Waals surface area contributed by atoms with Gasteiger partial charge in [-0.3, -0.25) is 0 Å². The first kappa shape index (κ1) is 12.3. The molecule has 1 aromatic rings. The van der Waals surface area contributed by atoms with Crippen molar-refractivity contribution < 1.29 is 4.74 Å². The molecule has 0 atom stereocenters. The van der Waals surface area contributed by atoms with Crippen molar-refractivity contribution >= 4 is 0 Å². The van der Waals surface area contributed by atoms with E-state index in [1.807, 2.05) is 42.5 Å². The summed E-state index contributed by atoms with van der Waals surface area (Å²) in [5, 5.41) is 0. The van der Waals surface area contributed by atoms with Crippen LogP contribution in [0.5, 0.6) is 0 Å². The molecule has 0 fully saturated rings. The van der Waals surface area contributed by atoms with Gasteiger partial charge in [-0.05, 0) is 23.6 Å². The lowest BCUT2D eigenvalue weighted by Gasteiger charge is -2.00. The molecule has 0 saturated carbocycles. The van der Waals surface area contributed by atoms with Gasteiger partial charge in [0.15, 0.2) is 0 Å². The predicted molar refractivity (Wildman–Crippen MR) is 68.9 cm³/mol. The topological polar surface area (TPSA) is 9.23 Å². The molecule has 1 nitrogen and oxygen atoms in total. The molecule has 0 heterocycles. The Morgan fingerprint density at radius 2 is 2.00 bits per heavy atom. The third kappa shape index (κ3) is 5.20. The van der Waals surface area contributed by atoms with Crippen molar-refractivity contribution in [2.75, 3.05) is 0 Å². The van der Waals surface area contributed by atoms with Crippen LogP contribution in [0.15, 0.2) is 67.0 Å². The van der Waals surface area contributed by atoms with E-state index in [0.29, 0.717) is 6.61 Å². The van der Waals surface area contributed by atoms with Crippen LogP contribution in [0.4, 0.5) is 0 Å². The number of hydrogen-bond donors (Lipinski definition) is 0. The largest absolute Gasteiger partial charge is 0.496 e. The summed E-state index contributed by atoms with van der Waals surface area (Å²) in [6.07, 6.45) is 8.65. The SMILES string of the molecule is C=C(/C=C\CC)/C=C/OCc1ccccc1. The minimum absolute atomic E-state index is 0.599. The van der Waals surface area contributed by atoms with Crippen LogP contribution in [-0.2, 0) is 11.3 Å². The highest BCUT2D eigenvalue weighted by atomic mass is 16.5. The summed E-state index contributed by atoms with van der Waals surface area (Å²) in [4.78, 5) is 0. The summed E-state index contributed by atoms with van der Waals surface area (Å²) in [5.41, 5.74) is 2.12. The molecule has 0 aromatic heterocycles. The summed E-state index contributed by atoms with van der Waals surface area (Å²) in [5.74, 6) is 0. The number of benzene rings is 1. The summed E-state index contributed by atoms with van der Waals surface area (Å²) in [6, 6.07) is 10.1. The van der Waals surface area contributed by atoms with E-state index < -0.39 is 0 Å². The van der Waals surface area contributed by atoms with Crippen LogP contribution >= 0.6 is 0 Å². The first-order chi connectivity index (χ1) is 7.83.